The van der Waals surface area contributed by atoms with Crippen LogP contribution in [-0.2, 0) is 14.3 Å². The van der Waals surface area contributed by atoms with Crippen LogP contribution in [0.1, 0.15) is 13.8 Å². The summed E-state index contributed by atoms with van der Waals surface area (Å²) < 4.78 is 20.2. The van der Waals surface area contributed by atoms with Crippen LogP contribution in [0.15, 0.2) is 24.3 Å². The molecule has 0 radical (unpaired) electrons. The van der Waals surface area contributed by atoms with Gasteiger partial charge in [-0.3, -0.25) is 4.79 Å². The molecule has 3 heterocycles. The molecule has 160 valence electrons. The van der Waals surface area contributed by atoms with Gasteiger partial charge in [0, 0.05) is 5.69 Å². The Morgan fingerprint density at radius 3 is 2.14 bits per heavy atom. The standard InChI is InChI=1S/C21H34N2O4Si2/c1-21(2)26-14-17(27-21)18-19(23-28(4,5)12-13-29(23,6)7)20(24)22(18)15-8-10-16(25-3)11-9-15/h8-11,17-19H,12-14H2,1-7H3/t17-,18-,19-/m1/s1. The Labute approximate surface area is 176 Å². The lowest BCUT2D eigenvalue weighted by Gasteiger charge is -2.57. The maximum absolute atomic E-state index is 13.6. The van der Waals surface area contributed by atoms with Crippen molar-refractivity contribution in [2.45, 2.75) is 76.1 Å². The van der Waals surface area contributed by atoms with Gasteiger partial charge in [-0.2, -0.15) is 0 Å². The van der Waals surface area contributed by atoms with Crippen molar-refractivity contribution in [2.24, 2.45) is 0 Å². The van der Waals surface area contributed by atoms with Crippen molar-refractivity contribution in [3.05, 3.63) is 24.3 Å². The highest BCUT2D eigenvalue weighted by molar-refractivity contribution is 6.95. The third-order valence-corrected chi connectivity index (χ3v) is 17.0. The number of amides is 1. The Kier molecular flexibility index (Phi) is 5.02. The summed E-state index contributed by atoms with van der Waals surface area (Å²) in [7, 11) is -1.59. The maximum Gasteiger partial charge on any atom is 0.245 e. The third-order valence-electron chi connectivity index (χ3n) is 6.81. The van der Waals surface area contributed by atoms with Gasteiger partial charge >= 0.3 is 0 Å². The summed E-state index contributed by atoms with van der Waals surface area (Å²) in [6.07, 6.45) is -0.120. The van der Waals surface area contributed by atoms with E-state index in [1.165, 1.54) is 12.1 Å². The molecule has 3 fully saturated rings. The minimum absolute atomic E-state index is 0.0191. The van der Waals surface area contributed by atoms with Crippen LogP contribution in [0.4, 0.5) is 5.69 Å². The molecule has 4 rings (SSSR count). The SMILES string of the molecule is COc1ccc(N2C(=O)[C@H](N3[Si](C)(C)CC[Si]3(C)C)[C@H]2[C@H]2COC(C)(C)O2)cc1. The zero-order valence-electron chi connectivity index (χ0n) is 18.7. The number of β-lactam (4-membered cyclic amide) rings is 1. The molecule has 3 aliphatic heterocycles. The Morgan fingerprint density at radius 2 is 1.66 bits per heavy atom. The molecule has 3 atom stereocenters. The highest BCUT2D eigenvalue weighted by Gasteiger charge is 2.63. The monoisotopic (exact) mass is 434 g/mol. The second-order valence-electron chi connectivity index (χ2n) is 10.2. The van der Waals surface area contributed by atoms with Gasteiger partial charge in [0.25, 0.3) is 0 Å². The van der Waals surface area contributed by atoms with E-state index in [0.717, 1.165) is 11.4 Å². The number of carbonyl (C=O) groups is 1. The fraction of sp³-hybridized carbons (Fsp3) is 0.667. The quantitative estimate of drug-likeness (QED) is 0.535. The fourth-order valence-corrected chi connectivity index (χ4v) is 20.1. The first-order valence-electron chi connectivity index (χ1n) is 10.6. The number of ether oxygens (including phenoxy) is 3. The van der Waals surface area contributed by atoms with E-state index in [1.807, 2.05) is 43.0 Å². The van der Waals surface area contributed by atoms with E-state index in [-0.39, 0.29) is 24.1 Å². The zero-order valence-corrected chi connectivity index (χ0v) is 20.7. The summed E-state index contributed by atoms with van der Waals surface area (Å²) >= 11 is 0. The van der Waals surface area contributed by atoms with E-state index in [9.17, 15) is 4.79 Å². The van der Waals surface area contributed by atoms with Crippen LogP contribution in [0.2, 0.25) is 38.3 Å². The van der Waals surface area contributed by atoms with Crippen molar-refractivity contribution in [1.82, 2.24) is 4.23 Å². The number of anilines is 1. The van der Waals surface area contributed by atoms with Gasteiger partial charge < -0.3 is 23.3 Å². The smallest absolute Gasteiger partial charge is 0.245 e. The summed E-state index contributed by atoms with van der Waals surface area (Å²) in [5.41, 5.74) is 0.906. The molecule has 3 aliphatic rings. The molecule has 8 heteroatoms. The van der Waals surface area contributed by atoms with Gasteiger partial charge in [-0.25, -0.2) is 0 Å². The Bertz CT molecular complexity index is 780. The molecule has 0 spiro atoms. The Hall–Kier alpha value is -1.20. The molecule has 0 aliphatic carbocycles. The van der Waals surface area contributed by atoms with Crippen LogP contribution in [-0.4, -0.2) is 64.3 Å². The molecule has 0 aromatic heterocycles. The van der Waals surface area contributed by atoms with E-state index >= 15 is 0 Å². The van der Waals surface area contributed by atoms with Crippen molar-refractivity contribution in [1.29, 1.82) is 0 Å². The summed E-state index contributed by atoms with van der Waals surface area (Å²) in [5, 5.41) is 0. The molecule has 3 saturated heterocycles. The van der Waals surface area contributed by atoms with Crippen LogP contribution in [0.5, 0.6) is 5.75 Å². The molecule has 0 N–H and O–H groups in total. The topological polar surface area (TPSA) is 51.2 Å². The third kappa shape index (κ3) is 3.48. The molecule has 6 nitrogen and oxygen atoms in total. The normalized spacial score (nSPS) is 33.0. The minimum Gasteiger partial charge on any atom is -0.497 e. The highest BCUT2D eigenvalue weighted by Crippen LogP contribution is 2.46. The van der Waals surface area contributed by atoms with Gasteiger partial charge in [0.2, 0.25) is 5.91 Å². The van der Waals surface area contributed by atoms with Gasteiger partial charge in [0.05, 0.1) is 19.8 Å². The molecular formula is C21H34N2O4Si2. The predicted octanol–water partition coefficient (Wildman–Crippen LogP) is 3.66. The Balaban J connectivity index is 1.70. The largest absolute Gasteiger partial charge is 0.497 e. The number of hydrogen-bond donors (Lipinski definition) is 0. The van der Waals surface area contributed by atoms with Gasteiger partial charge in [-0.05, 0) is 50.2 Å². The maximum atomic E-state index is 13.6. The van der Waals surface area contributed by atoms with Crippen molar-refractivity contribution in [3.8, 4) is 5.75 Å². The first-order valence-corrected chi connectivity index (χ1v) is 16.9. The van der Waals surface area contributed by atoms with Crippen molar-refractivity contribution in [3.63, 3.8) is 0 Å². The number of rotatable bonds is 4. The molecule has 0 saturated carbocycles. The van der Waals surface area contributed by atoms with Crippen LogP contribution >= 0.6 is 0 Å². The lowest BCUT2D eigenvalue weighted by atomic mass is 9.90. The van der Waals surface area contributed by atoms with Gasteiger partial charge in [-0.1, -0.05) is 26.2 Å². The van der Waals surface area contributed by atoms with Crippen LogP contribution in [0, 0.1) is 0 Å². The van der Waals surface area contributed by atoms with Gasteiger partial charge in [-0.15, -0.1) is 0 Å². The predicted molar refractivity (Wildman–Crippen MR) is 119 cm³/mol. The number of benzene rings is 1. The fourth-order valence-electron chi connectivity index (χ4n) is 5.48. The number of hydrogen-bond acceptors (Lipinski definition) is 5. The van der Waals surface area contributed by atoms with E-state index < -0.39 is 22.3 Å². The highest BCUT2D eigenvalue weighted by atomic mass is 28.4. The molecule has 1 aromatic rings. The molecule has 0 bridgehead atoms. The first kappa shape index (κ1) is 21.1. The molecule has 1 amide bonds. The van der Waals surface area contributed by atoms with Gasteiger partial charge in [0.1, 0.15) is 34.4 Å². The second-order valence-corrected chi connectivity index (χ2v) is 19.9. The Morgan fingerprint density at radius 1 is 1.07 bits per heavy atom. The second kappa shape index (κ2) is 6.91. The number of methoxy groups -OCH3 is 1. The van der Waals surface area contributed by atoms with Crippen molar-refractivity contribution in [2.75, 3.05) is 18.6 Å². The average molecular weight is 435 g/mol. The summed E-state index contributed by atoms with van der Waals surface area (Å²) in [4.78, 5) is 15.5. The molecule has 1 aromatic carbocycles. The van der Waals surface area contributed by atoms with Crippen molar-refractivity contribution < 1.29 is 19.0 Å². The zero-order chi connectivity index (χ0) is 21.2. The molecular weight excluding hydrogens is 400 g/mol. The molecule has 0 unspecified atom stereocenters. The summed E-state index contributed by atoms with van der Waals surface area (Å²) in [6.45, 7) is 14.1. The van der Waals surface area contributed by atoms with E-state index in [0.29, 0.717) is 6.61 Å². The number of nitrogens with zero attached hydrogens (tertiary/aromatic N) is 2. The van der Waals surface area contributed by atoms with Gasteiger partial charge in [0.15, 0.2) is 5.79 Å². The average Bonchev–Trinajstić information content (AvgIpc) is 3.10. The summed E-state index contributed by atoms with van der Waals surface area (Å²) in [6, 6.07) is 10.2. The van der Waals surface area contributed by atoms with Crippen LogP contribution in [0.25, 0.3) is 0 Å². The lowest BCUT2D eigenvalue weighted by Crippen LogP contribution is -2.80. The summed E-state index contributed by atoms with van der Waals surface area (Å²) in [5.74, 6) is 0.388. The van der Waals surface area contributed by atoms with E-state index in [4.69, 9.17) is 14.2 Å². The number of carbonyl (C=O) groups excluding carboxylic acids is 1. The first-order chi connectivity index (χ1) is 13.5. The van der Waals surface area contributed by atoms with E-state index in [2.05, 4.69) is 30.4 Å². The van der Waals surface area contributed by atoms with E-state index in [1.54, 1.807) is 7.11 Å². The van der Waals surface area contributed by atoms with Crippen molar-refractivity contribution >= 4 is 28.1 Å². The van der Waals surface area contributed by atoms with Crippen LogP contribution < -0.4 is 9.64 Å². The minimum atomic E-state index is -1.62. The van der Waals surface area contributed by atoms with Crippen LogP contribution in [0.3, 0.4) is 0 Å². The lowest BCUT2D eigenvalue weighted by molar-refractivity contribution is -0.151. The molecule has 29 heavy (non-hydrogen) atoms.